The highest BCUT2D eigenvalue weighted by Gasteiger charge is 2.42. The van der Waals surface area contributed by atoms with Crippen LogP contribution in [-0.2, 0) is 14.3 Å². The summed E-state index contributed by atoms with van der Waals surface area (Å²) in [6.45, 7) is 10.9. The molecule has 2 fully saturated rings. The summed E-state index contributed by atoms with van der Waals surface area (Å²) in [7, 11) is 0. The molecular weight excluding hydrogens is 244 g/mol. The van der Waals surface area contributed by atoms with Gasteiger partial charge in [-0.15, -0.1) is 0 Å². The Morgan fingerprint density at radius 2 is 1.95 bits per heavy atom. The molecule has 0 aromatic carbocycles. The van der Waals surface area contributed by atoms with Crippen LogP contribution < -0.4 is 5.32 Å². The van der Waals surface area contributed by atoms with Crippen molar-refractivity contribution in [1.29, 1.82) is 0 Å². The molecule has 1 atom stereocenters. The van der Waals surface area contributed by atoms with E-state index in [9.17, 15) is 4.79 Å². The van der Waals surface area contributed by atoms with Crippen LogP contribution in [0.3, 0.4) is 0 Å². The third kappa shape index (κ3) is 3.68. The number of carbonyl (C=O) groups is 1. The number of amides is 1. The number of ether oxygens (including phenoxy) is 2. The molecule has 2 rings (SSSR count). The number of nitrogens with zero attached hydrogens (tertiary/aromatic N) is 1. The molecule has 19 heavy (non-hydrogen) atoms. The predicted octanol–water partition coefficient (Wildman–Crippen LogP) is 1.13. The zero-order valence-corrected chi connectivity index (χ0v) is 12.5. The molecule has 5 nitrogen and oxygen atoms in total. The first kappa shape index (κ1) is 14.8. The van der Waals surface area contributed by atoms with E-state index in [4.69, 9.17) is 9.47 Å². The minimum atomic E-state index is -0.464. The Hall–Kier alpha value is -0.650. The molecule has 2 heterocycles. The number of rotatable bonds is 2. The third-order valence-corrected chi connectivity index (χ3v) is 3.69. The number of carbonyl (C=O) groups excluding carboxylic acids is 1. The lowest BCUT2D eigenvalue weighted by molar-refractivity contribution is -0.193. The molecule has 2 saturated heterocycles. The lowest BCUT2D eigenvalue weighted by atomic mass is 10.0. The minimum absolute atomic E-state index is 0.0718. The standard InChI is InChI=1S/C14H26N2O3/c1-11(12(17)15-13(2,3)4)16-7-5-6-14(10-16)18-8-9-19-14/h11H,5-10H2,1-4H3,(H,15,17). The van der Waals surface area contributed by atoms with Crippen molar-refractivity contribution in [1.82, 2.24) is 10.2 Å². The largest absolute Gasteiger partial charge is 0.350 e. The van der Waals surface area contributed by atoms with E-state index in [-0.39, 0.29) is 17.5 Å². The van der Waals surface area contributed by atoms with Gasteiger partial charge in [0, 0.05) is 12.0 Å². The summed E-state index contributed by atoms with van der Waals surface area (Å²) < 4.78 is 11.5. The summed E-state index contributed by atoms with van der Waals surface area (Å²) in [6.07, 6.45) is 1.93. The molecular formula is C14H26N2O3. The van der Waals surface area contributed by atoms with E-state index >= 15 is 0 Å². The molecule has 5 heteroatoms. The third-order valence-electron chi connectivity index (χ3n) is 3.69. The van der Waals surface area contributed by atoms with E-state index < -0.39 is 5.79 Å². The normalized spacial score (nSPS) is 25.5. The van der Waals surface area contributed by atoms with Gasteiger partial charge < -0.3 is 14.8 Å². The van der Waals surface area contributed by atoms with Crippen LogP contribution in [0.5, 0.6) is 0 Å². The SMILES string of the molecule is CC(C(=O)NC(C)(C)C)N1CCCC2(C1)OCCO2. The fourth-order valence-electron chi connectivity index (χ4n) is 2.72. The van der Waals surface area contributed by atoms with Gasteiger partial charge >= 0.3 is 0 Å². The van der Waals surface area contributed by atoms with Gasteiger partial charge in [0.1, 0.15) is 0 Å². The average molecular weight is 270 g/mol. The molecule has 1 spiro atoms. The Bertz CT molecular complexity index is 332. The summed E-state index contributed by atoms with van der Waals surface area (Å²) in [5.74, 6) is -0.392. The molecule has 0 saturated carbocycles. The number of hydrogen-bond donors (Lipinski definition) is 1. The van der Waals surface area contributed by atoms with E-state index in [1.54, 1.807) is 0 Å². The van der Waals surface area contributed by atoms with Crippen molar-refractivity contribution in [2.45, 2.75) is 57.9 Å². The Morgan fingerprint density at radius 1 is 1.32 bits per heavy atom. The Morgan fingerprint density at radius 3 is 2.53 bits per heavy atom. The second-order valence-electron chi connectivity index (χ2n) is 6.60. The van der Waals surface area contributed by atoms with Gasteiger partial charge in [0.2, 0.25) is 5.91 Å². The molecule has 1 unspecified atom stereocenters. The fraction of sp³-hybridized carbons (Fsp3) is 0.929. The van der Waals surface area contributed by atoms with Gasteiger partial charge in [-0.3, -0.25) is 9.69 Å². The molecule has 2 aliphatic rings. The first-order valence-corrected chi connectivity index (χ1v) is 7.15. The quantitative estimate of drug-likeness (QED) is 0.817. The van der Waals surface area contributed by atoms with Crippen molar-refractivity contribution in [3.05, 3.63) is 0 Å². The van der Waals surface area contributed by atoms with Gasteiger partial charge in [-0.05, 0) is 40.7 Å². The first-order chi connectivity index (χ1) is 8.81. The van der Waals surface area contributed by atoms with Crippen LogP contribution in [0.1, 0.15) is 40.5 Å². The molecule has 0 bridgehead atoms. The average Bonchev–Trinajstić information content (AvgIpc) is 2.74. The Kier molecular flexibility index (Phi) is 4.18. The van der Waals surface area contributed by atoms with Crippen molar-refractivity contribution in [3.8, 4) is 0 Å². The highest BCUT2D eigenvalue weighted by Crippen LogP contribution is 2.30. The fourth-order valence-corrected chi connectivity index (χ4v) is 2.72. The van der Waals surface area contributed by atoms with Crippen LogP contribution >= 0.6 is 0 Å². The lowest BCUT2D eigenvalue weighted by Gasteiger charge is -2.41. The van der Waals surface area contributed by atoms with Gasteiger partial charge in [-0.1, -0.05) is 0 Å². The smallest absolute Gasteiger partial charge is 0.237 e. The van der Waals surface area contributed by atoms with Gasteiger partial charge in [0.15, 0.2) is 5.79 Å². The highest BCUT2D eigenvalue weighted by molar-refractivity contribution is 5.81. The monoisotopic (exact) mass is 270 g/mol. The molecule has 1 amide bonds. The molecule has 110 valence electrons. The van der Waals surface area contributed by atoms with Crippen molar-refractivity contribution in [3.63, 3.8) is 0 Å². The maximum atomic E-state index is 12.2. The zero-order chi connectivity index (χ0) is 14.1. The van der Waals surface area contributed by atoms with Crippen LogP contribution in [0.2, 0.25) is 0 Å². The summed E-state index contributed by atoms with van der Waals surface area (Å²) in [6, 6.07) is -0.149. The van der Waals surface area contributed by atoms with Crippen molar-refractivity contribution >= 4 is 5.91 Å². The van der Waals surface area contributed by atoms with Crippen molar-refractivity contribution in [2.75, 3.05) is 26.3 Å². The number of nitrogens with one attached hydrogen (secondary N) is 1. The molecule has 0 aromatic heterocycles. The second-order valence-corrected chi connectivity index (χ2v) is 6.60. The van der Waals surface area contributed by atoms with Crippen LogP contribution in [0.25, 0.3) is 0 Å². The maximum Gasteiger partial charge on any atom is 0.237 e. The summed E-state index contributed by atoms with van der Waals surface area (Å²) >= 11 is 0. The van der Waals surface area contributed by atoms with Gasteiger partial charge in [-0.2, -0.15) is 0 Å². The first-order valence-electron chi connectivity index (χ1n) is 7.15. The predicted molar refractivity (Wildman–Crippen MR) is 72.8 cm³/mol. The Balaban J connectivity index is 1.95. The van der Waals surface area contributed by atoms with Crippen molar-refractivity contribution in [2.24, 2.45) is 0 Å². The van der Waals surface area contributed by atoms with Crippen LogP contribution in [0.4, 0.5) is 0 Å². The summed E-state index contributed by atoms with van der Waals surface area (Å²) in [4.78, 5) is 14.4. The summed E-state index contributed by atoms with van der Waals surface area (Å²) in [5, 5.41) is 3.03. The van der Waals surface area contributed by atoms with E-state index in [1.165, 1.54) is 0 Å². The van der Waals surface area contributed by atoms with Crippen molar-refractivity contribution < 1.29 is 14.3 Å². The number of likely N-dealkylation sites (tertiary alicyclic amines) is 1. The number of hydrogen-bond acceptors (Lipinski definition) is 4. The van der Waals surface area contributed by atoms with E-state index in [0.29, 0.717) is 19.8 Å². The highest BCUT2D eigenvalue weighted by atomic mass is 16.7. The maximum absolute atomic E-state index is 12.2. The zero-order valence-electron chi connectivity index (χ0n) is 12.5. The van der Waals surface area contributed by atoms with Gasteiger partial charge in [0.25, 0.3) is 0 Å². The molecule has 1 N–H and O–H groups in total. The van der Waals surface area contributed by atoms with E-state index in [2.05, 4.69) is 10.2 Å². The summed E-state index contributed by atoms with van der Waals surface area (Å²) in [5.41, 5.74) is -0.195. The second kappa shape index (κ2) is 5.38. The minimum Gasteiger partial charge on any atom is -0.350 e. The van der Waals surface area contributed by atoms with E-state index in [0.717, 1.165) is 19.4 Å². The van der Waals surface area contributed by atoms with Gasteiger partial charge in [0.05, 0.1) is 25.8 Å². The topological polar surface area (TPSA) is 50.8 Å². The van der Waals surface area contributed by atoms with Crippen LogP contribution in [-0.4, -0.2) is 54.5 Å². The molecule has 0 aromatic rings. The number of piperidine rings is 1. The van der Waals surface area contributed by atoms with E-state index in [1.807, 2.05) is 27.7 Å². The Labute approximate surface area is 115 Å². The molecule has 0 aliphatic carbocycles. The van der Waals surface area contributed by atoms with Crippen LogP contribution in [0.15, 0.2) is 0 Å². The molecule has 2 aliphatic heterocycles. The lowest BCUT2D eigenvalue weighted by Crippen LogP contribution is -2.57. The van der Waals surface area contributed by atoms with Gasteiger partial charge in [-0.25, -0.2) is 0 Å². The molecule has 0 radical (unpaired) electrons. The van der Waals surface area contributed by atoms with Crippen LogP contribution in [0, 0.1) is 0 Å².